The monoisotopic (exact) mass is 199 g/mol. The zero-order valence-electron chi connectivity index (χ0n) is 8.91. The van der Waals surface area contributed by atoms with Gasteiger partial charge in [0.25, 0.3) is 0 Å². The van der Waals surface area contributed by atoms with Crippen LogP contribution < -0.4 is 11.5 Å². The van der Waals surface area contributed by atoms with Gasteiger partial charge in [0.15, 0.2) is 0 Å². The van der Waals surface area contributed by atoms with Crippen molar-refractivity contribution in [2.45, 2.75) is 32.2 Å². The molecule has 0 bridgehead atoms. The van der Waals surface area contributed by atoms with Gasteiger partial charge in [-0.15, -0.1) is 0 Å². The first-order valence-electron chi connectivity index (χ1n) is 5.40. The van der Waals surface area contributed by atoms with Gasteiger partial charge in [0, 0.05) is 13.1 Å². The smallest absolute Gasteiger partial charge is 0.235 e. The Bertz CT molecular complexity index is 192. The Kier molecular flexibility index (Phi) is 4.35. The minimum atomic E-state index is -0.514. The molecule has 82 valence electrons. The molecular weight excluding hydrogens is 178 g/mol. The minimum absolute atomic E-state index is 0.401. The van der Waals surface area contributed by atoms with Gasteiger partial charge in [-0.3, -0.25) is 4.79 Å². The van der Waals surface area contributed by atoms with Crippen LogP contribution in [0.25, 0.3) is 0 Å². The summed E-state index contributed by atoms with van der Waals surface area (Å²) < 4.78 is 0. The van der Waals surface area contributed by atoms with E-state index in [1.54, 1.807) is 0 Å². The summed E-state index contributed by atoms with van der Waals surface area (Å²) in [6.07, 6.45) is 3.75. The van der Waals surface area contributed by atoms with E-state index in [4.69, 9.17) is 11.5 Å². The zero-order valence-corrected chi connectivity index (χ0v) is 8.91. The molecule has 4 N–H and O–H groups in total. The molecule has 1 rings (SSSR count). The SMILES string of the molecule is CCCN(CC1CC1)CC(N)C(N)=O. The highest BCUT2D eigenvalue weighted by Crippen LogP contribution is 2.29. The number of amides is 1. The first kappa shape index (κ1) is 11.5. The molecule has 1 aliphatic rings. The summed E-state index contributed by atoms with van der Waals surface area (Å²) in [7, 11) is 0. The topological polar surface area (TPSA) is 72.3 Å². The Morgan fingerprint density at radius 1 is 1.57 bits per heavy atom. The molecule has 14 heavy (non-hydrogen) atoms. The van der Waals surface area contributed by atoms with Crippen molar-refractivity contribution in [1.29, 1.82) is 0 Å². The molecule has 1 unspecified atom stereocenters. The number of carbonyl (C=O) groups is 1. The average Bonchev–Trinajstić information content (AvgIpc) is 2.88. The molecule has 0 aromatic heterocycles. The van der Waals surface area contributed by atoms with Crippen LogP contribution >= 0.6 is 0 Å². The fourth-order valence-electron chi connectivity index (χ4n) is 1.61. The van der Waals surface area contributed by atoms with Gasteiger partial charge in [0.2, 0.25) is 5.91 Å². The third-order valence-electron chi connectivity index (χ3n) is 2.57. The summed E-state index contributed by atoms with van der Waals surface area (Å²) in [6.45, 7) is 4.83. The van der Waals surface area contributed by atoms with Gasteiger partial charge in [0.05, 0.1) is 6.04 Å². The van der Waals surface area contributed by atoms with Gasteiger partial charge < -0.3 is 16.4 Å². The third-order valence-corrected chi connectivity index (χ3v) is 2.57. The quantitative estimate of drug-likeness (QED) is 0.602. The molecule has 1 atom stereocenters. The van der Waals surface area contributed by atoms with Crippen LogP contribution in [0.5, 0.6) is 0 Å². The summed E-state index contributed by atoms with van der Waals surface area (Å²) in [5.74, 6) is 0.434. The summed E-state index contributed by atoms with van der Waals surface area (Å²) in [6, 6.07) is -0.514. The van der Waals surface area contributed by atoms with Crippen LogP contribution in [0.3, 0.4) is 0 Å². The van der Waals surface area contributed by atoms with Gasteiger partial charge in [-0.25, -0.2) is 0 Å². The molecule has 0 saturated heterocycles. The minimum Gasteiger partial charge on any atom is -0.368 e. The number of nitrogens with two attached hydrogens (primary N) is 2. The maximum absolute atomic E-state index is 10.8. The van der Waals surface area contributed by atoms with Crippen molar-refractivity contribution in [3.63, 3.8) is 0 Å². The van der Waals surface area contributed by atoms with E-state index in [0.717, 1.165) is 25.4 Å². The van der Waals surface area contributed by atoms with Crippen molar-refractivity contribution in [2.75, 3.05) is 19.6 Å². The fourth-order valence-corrected chi connectivity index (χ4v) is 1.61. The lowest BCUT2D eigenvalue weighted by atomic mass is 10.2. The van der Waals surface area contributed by atoms with E-state index in [-0.39, 0.29) is 0 Å². The van der Waals surface area contributed by atoms with Gasteiger partial charge in [0.1, 0.15) is 0 Å². The number of hydrogen-bond acceptors (Lipinski definition) is 3. The molecule has 0 radical (unpaired) electrons. The summed E-state index contributed by atoms with van der Waals surface area (Å²) >= 11 is 0. The Hall–Kier alpha value is -0.610. The number of carbonyl (C=O) groups excluding carboxylic acids is 1. The molecule has 4 heteroatoms. The van der Waals surface area contributed by atoms with E-state index in [0.29, 0.717) is 6.54 Å². The van der Waals surface area contributed by atoms with E-state index < -0.39 is 11.9 Å². The highest BCUT2D eigenvalue weighted by Gasteiger charge is 2.25. The van der Waals surface area contributed by atoms with E-state index in [2.05, 4.69) is 11.8 Å². The van der Waals surface area contributed by atoms with Crippen LogP contribution in [0.2, 0.25) is 0 Å². The van der Waals surface area contributed by atoms with Crippen molar-refractivity contribution >= 4 is 5.91 Å². The van der Waals surface area contributed by atoms with Gasteiger partial charge in [-0.1, -0.05) is 6.92 Å². The third kappa shape index (κ3) is 4.07. The van der Waals surface area contributed by atoms with Gasteiger partial charge >= 0.3 is 0 Å². The maximum Gasteiger partial charge on any atom is 0.235 e. The zero-order chi connectivity index (χ0) is 10.6. The second-order valence-electron chi connectivity index (χ2n) is 4.21. The van der Waals surface area contributed by atoms with Crippen LogP contribution in [0.4, 0.5) is 0 Å². The van der Waals surface area contributed by atoms with Crippen LogP contribution in [-0.4, -0.2) is 36.5 Å². The van der Waals surface area contributed by atoms with E-state index in [1.807, 2.05) is 0 Å². The van der Waals surface area contributed by atoms with Crippen molar-refractivity contribution in [1.82, 2.24) is 4.90 Å². The van der Waals surface area contributed by atoms with Crippen molar-refractivity contribution in [2.24, 2.45) is 17.4 Å². The van der Waals surface area contributed by atoms with Crippen LogP contribution in [0.1, 0.15) is 26.2 Å². The number of hydrogen-bond donors (Lipinski definition) is 2. The molecule has 0 aromatic carbocycles. The number of primary amides is 1. The Morgan fingerprint density at radius 2 is 2.21 bits per heavy atom. The lowest BCUT2D eigenvalue weighted by molar-refractivity contribution is -0.119. The largest absolute Gasteiger partial charge is 0.368 e. The van der Waals surface area contributed by atoms with Gasteiger partial charge in [-0.2, -0.15) is 0 Å². The highest BCUT2D eigenvalue weighted by atomic mass is 16.1. The molecule has 0 aliphatic heterocycles. The summed E-state index contributed by atoms with van der Waals surface area (Å²) in [5.41, 5.74) is 10.8. The standard InChI is InChI=1S/C10H21N3O/c1-2-5-13(6-8-3-4-8)7-9(11)10(12)14/h8-9H,2-7,11H2,1H3,(H2,12,14). The fraction of sp³-hybridized carbons (Fsp3) is 0.900. The van der Waals surface area contributed by atoms with Crippen molar-refractivity contribution in [3.05, 3.63) is 0 Å². The van der Waals surface area contributed by atoms with Crippen molar-refractivity contribution in [3.8, 4) is 0 Å². The molecule has 0 heterocycles. The molecule has 1 aliphatic carbocycles. The molecule has 0 spiro atoms. The molecule has 0 aromatic rings. The van der Waals surface area contributed by atoms with Crippen molar-refractivity contribution < 1.29 is 4.79 Å². The van der Waals surface area contributed by atoms with Crippen LogP contribution in [0.15, 0.2) is 0 Å². The summed E-state index contributed by atoms with van der Waals surface area (Å²) in [5, 5.41) is 0. The van der Waals surface area contributed by atoms with E-state index >= 15 is 0 Å². The van der Waals surface area contributed by atoms with E-state index in [1.165, 1.54) is 12.8 Å². The van der Waals surface area contributed by atoms with Gasteiger partial charge in [-0.05, 0) is 31.7 Å². The lowest BCUT2D eigenvalue weighted by Gasteiger charge is -2.23. The average molecular weight is 199 g/mol. The molecule has 1 amide bonds. The second kappa shape index (κ2) is 5.32. The van der Waals surface area contributed by atoms with Crippen LogP contribution in [0, 0.1) is 5.92 Å². The molecular formula is C10H21N3O. The Morgan fingerprint density at radius 3 is 2.64 bits per heavy atom. The van der Waals surface area contributed by atoms with E-state index in [9.17, 15) is 4.79 Å². The number of nitrogens with zero attached hydrogens (tertiary/aromatic N) is 1. The van der Waals surface area contributed by atoms with Crippen LogP contribution in [-0.2, 0) is 4.79 Å². The predicted molar refractivity (Wildman–Crippen MR) is 56.6 cm³/mol. The first-order valence-corrected chi connectivity index (χ1v) is 5.40. The predicted octanol–water partition coefficient (Wildman–Crippen LogP) is -0.0790. The summed E-state index contributed by atoms with van der Waals surface area (Å²) in [4.78, 5) is 13.1. The Labute approximate surface area is 85.6 Å². The molecule has 4 nitrogen and oxygen atoms in total. The lowest BCUT2D eigenvalue weighted by Crippen LogP contribution is -2.46. The molecule has 1 saturated carbocycles. The number of rotatable bonds is 7. The highest BCUT2D eigenvalue weighted by molar-refractivity contribution is 5.79. The molecule has 1 fully saturated rings. The maximum atomic E-state index is 10.8. The first-order chi connectivity index (χ1) is 6.63. The normalized spacial score (nSPS) is 18.5. The Balaban J connectivity index is 2.28. The second-order valence-corrected chi connectivity index (χ2v) is 4.21.